The van der Waals surface area contributed by atoms with E-state index in [-0.39, 0.29) is 0 Å². The van der Waals surface area contributed by atoms with Gasteiger partial charge in [-0.05, 0) is 12.1 Å². The summed E-state index contributed by atoms with van der Waals surface area (Å²) in [5, 5.41) is 7.15. The zero-order chi connectivity index (χ0) is 13.5. The van der Waals surface area contributed by atoms with E-state index in [2.05, 4.69) is 29.3 Å². The summed E-state index contributed by atoms with van der Waals surface area (Å²) in [5.74, 6) is 2.15. The normalized spacial score (nSPS) is 10.9. The van der Waals surface area contributed by atoms with Crippen LogP contribution in [0.25, 0.3) is 0 Å². The van der Waals surface area contributed by atoms with Gasteiger partial charge in [-0.3, -0.25) is 0 Å². The lowest BCUT2D eigenvalue weighted by atomic mass is 10.3. The molecule has 0 bridgehead atoms. The lowest BCUT2D eigenvalue weighted by Crippen LogP contribution is -2.21. The molecule has 102 valence electrons. The Morgan fingerprint density at radius 3 is 2.79 bits per heavy atom. The van der Waals surface area contributed by atoms with Gasteiger partial charge in [-0.2, -0.15) is 4.98 Å². The SMILES string of the molecule is CC(C)NCc1nc(CCOc2ccccc2)no1. The van der Waals surface area contributed by atoms with Crippen molar-refractivity contribution in [3.05, 3.63) is 42.0 Å². The average molecular weight is 261 g/mol. The van der Waals surface area contributed by atoms with Gasteiger partial charge in [0.2, 0.25) is 5.89 Å². The predicted octanol–water partition coefficient (Wildman–Crippen LogP) is 2.19. The van der Waals surface area contributed by atoms with Crippen LogP contribution in [-0.4, -0.2) is 22.8 Å². The fraction of sp³-hybridized carbons (Fsp3) is 0.429. The Morgan fingerprint density at radius 2 is 2.05 bits per heavy atom. The lowest BCUT2D eigenvalue weighted by molar-refractivity contribution is 0.313. The van der Waals surface area contributed by atoms with E-state index in [9.17, 15) is 0 Å². The van der Waals surface area contributed by atoms with Gasteiger partial charge in [-0.15, -0.1) is 0 Å². The van der Waals surface area contributed by atoms with Crippen molar-refractivity contribution in [2.24, 2.45) is 0 Å². The van der Waals surface area contributed by atoms with Crippen LogP contribution in [0.2, 0.25) is 0 Å². The third-order valence-electron chi connectivity index (χ3n) is 2.51. The first-order valence-electron chi connectivity index (χ1n) is 6.47. The number of ether oxygens (including phenoxy) is 1. The summed E-state index contributed by atoms with van der Waals surface area (Å²) >= 11 is 0. The minimum Gasteiger partial charge on any atom is -0.493 e. The molecule has 1 heterocycles. The van der Waals surface area contributed by atoms with Crippen molar-refractivity contribution >= 4 is 0 Å². The molecular weight excluding hydrogens is 242 g/mol. The molecular formula is C14H19N3O2. The van der Waals surface area contributed by atoms with E-state index in [0.717, 1.165) is 5.75 Å². The largest absolute Gasteiger partial charge is 0.493 e. The van der Waals surface area contributed by atoms with Crippen LogP contribution < -0.4 is 10.1 Å². The summed E-state index contributed by atoms with van der Waals surface area (Å²) in [7, 11) is 0. The summed E-state index contributed by atoms with van der Waals surface area (Å²) < 4.78 is 10.7. The smallest absolute Gasteiger partial charge is 0.240 e. The van der Waals surface area contributed by atoms with Crippen molar-refractivity contribution in [3.8, 4) is 5.75 Å². The standard InChI is InChI=1S/C14H19N3O2/c1-11(2)15-10-14-16-13(17-19-14)8-9-18-12-6-4-3-5-7-12/h3-7,11,15H,8-10H2,1-2H3. The molecule has 1 N–H and O–H groups in total. The van der Waals surface area contributed by atoms with Gasteiger partial charge in [0.1, 0.15) is 5.75 Å². The predicted molar refractivity (Wildman–Crippen MR) is 71.9 cm³/mol. The second-order valence-corrected chi connectivity index (χ2v) is 4.55. The van der Waals surface area contributed by atoms with E-state index in [1.165, 1.54) is 0 Å². The van der Waals surface area contributed by atoms with Gasteiger partial charge in [-0.1, -0.05) is 37.2 Å². The molecule has 2 rings (SSSR count). The molecule has 0 amide bonds. The van der Waals surface area contributed by atoms with Gasteiger partial charge < -0.3 is 14.6 Å². The summed E-state index contributed by atoms with van der Waals surface area (Å²) in [5.41, 5.74) is 0. The summed E-state index contributed by atoms with van der Waals surface area (Å²) in [6, 6.07) is 10.1. The summed E-state index contributed by atoms with van der Waals surface area (Å²) in [6.45, 7) is 5.29. The van der Waals surface area contributed by atoms with Crippen molar-refractivity contribution in [3.63, 3.8) is 0 Å². The van der Waals surface area contributed by atoms with Crippen LogP contribution >= 0.6 is 0 Å². The molecule has 5 nitrogen and oxygen atoms in total. The molecule has 0 atom stereocenters. The zero-order valence-electron chi connectivity index (χ0n) is 11.3. The summed E-state index contributed by atoms with van der Waals surface area (Å²) in [6.07, 6.45) is 0.639. The van der Waals surface area contributed by atoms with Gasteiger partial charge in [0, 0.05) is 12.5 Å². The third-order valence-corrected chi connectivity index (χ3v) is 2.51. The minimum atomic E-state index is 0.400. The van der Waals surface area contributed by atoms with Crippen LogP contribution in [0, 0.1) is 0 Å². The summed E-state index contributed by atoms with van der Waals surface area (Å²) in [4.78, 5) is 4.29. The second kappa shape index (κ2) is 6.89. The van der Waals surface area contributed by atoms with Gasteiger partial charge in [0.15, 0.2) is 5.82 Å². The highest BCUT2D eigenvalue weighted by Crippen LogP contribution is 2.08. The van der Waals surface area contributed by atoms with Crippen molar-refractivity contribution in [2.45, 2.75) is 32.9 Å². The number of hydrogen-bond acceptors (Lipinski definition) is 5. The molecule has 2 aromatic rings. The highest BCUT2D eigenvalue weighted by atomic mass is 16.5. The quantitative estimate of drug-likeness (QED) is 0.828. The molecule has 0 saturated carbocycles. The zero-order valence-corrected chi connectivity index (χ0v) is 11.3. The van der Waals surface area contributed by atoms with E-state index in [1.54, 1.807) is 0 Å². The van der Waals surface area contributed by atoms with E-state index in [1.807, 2.05) is 30.3 Å². The topological polar surface area (TPSA) is 60.2 Å². The maximum atomic E-state index is 5.58. The van der Waals surface area contributed by atoms with Gasteiger partial charge in [0.05, 0.1) is 13.2 Å². The first kappa shape index (κ1) is 13.5. The van der Waals surface area contributed by atoms with Crippen LogP contribution in [-0.2, 0) is 13.0 Å². The Bertz CT molecular complexity index is 482. The number of hydrogen-bond donors (Lipinski definition) is 1. The molecule has 0 radical (unpaired) electrons. The highest BCUT2D eigenvalue weighted by molar-refractivity contribution is 5.20. The fourth-order valence-electron chi connectivity index (χ4n) is 1.53. The second-order valence-electron chi connectivity index (χ2n) is 4.55. The molecule has 0 fully saturated rings. The van der Waals surface area contributed by atoms with Crippen LogP contribution in [0.4, 0.5) is 0 Å². The molecule has 0 spiro atoms. The Labute approximate surface area is 113 Å². The molecule has 0 unspecified atom stereocenters. The molecule has 0 aliphatic carbocycles. The highest BCUT2D eigenvalue weighted by Gasteiger charge is 2.06. The van der Waals surface area contributed by atoms with Crippen LogP contribution in [0.15, 0.2) is 34.9 Å². The van der Waals surface area contributed by atoms with Gasteiger partial charge >= 0.3 is 0 Å². The third kappa shape index (κ3) is 4.71. The number of aromatic nitrogens is 2. The Kier molecular flexibility index (Phi) is 4.92. The Hall–Kier alpha value is -1.88. The number of benzene rings is 1. The van der Waals surface area contributed by atoms with Crippen LogP contribution in [0.1, 0.15) is 25.6 Å². The van der Waals surface area contributed by atoms with Crippen molar-refractivity contribution in [2.75, 3.05) is 6.61 Å². The average Bonchev–Trinajstić information content (AvgIpc) is 2.86. The molecule has 1 aromatic heterocycles. The number of nitrogens with one attached hydrogen (secondary N) is 1. The fourth-order valence-corrected chi connectivity index (χ4v) is 1.53. The first-order chi connectivity index (χ1) is 9.24. The van der Waals surface area contributed by atoms with Gasteiger partial charge in [0.25, 0.3) is 0 Å². The number of rotatable bonds is 7. The van der Waals surface area contributed by atoms with Crippen LogP contribution in [0.5, 0.6) is 5.75 Å². The Balaban J connectivity index is 1.74. The van der Waals surface area contributed by atoms with E-state index in [4.69, 9.17) is 9.26 Å². The maximum absolute atomic E-state index is 5.58. The van der Waals surface area contributed by atoms with E-state index in [0.29, 0.717) is 37.3 Å². The molecule has 5 heteroatoms. The number of nitrogens with zero attached hydrogens (tertiary/aromatic N) is 2. The maximum Gasteiger partial charge on any atom is 0.240 e. The van der Waals surface area contributed by atoms with Gasteiger partial charge in [-0.25, -0.2) is 0 Å². The van der Waals surface area contributed by atoms with E-state index < -0.39 is 0 Å². The van der Waals surface area contributed by atoms with Crippen molar-refractivity contribution in [1.29, 1.82) is 0 Å². The molecule has 0 saturated heterocycles. The van der Waals surface area contributed by atoms with Crippen LogP contribution in [0.3, 0.4) is 0 Å². The molecule has 0 aliphatic rings. The lowest BCUT2D eigenvalue weighted by Gasteiger charge is -2.03. The molecule has 0 aliphatic heterocycles. The van der Waals surface area contributed by atoms with E-state index >= 15 is 0 Å². The van der Waals surface area contributed by atoms with Crippen molar-refractivity contribution in [1.82, 2.24) is 15.5 Å². The first-order valence-corrected chi connectivity index (χ1v) is 6.47. The monoisotopic (exact) mass is 261 g/mol. The molecule has 1 aromatic carbocycles. The number of para-hydroxylation sites is 1. The Morgan fingerprint density at radius 1 is 1.26 bits per heavy atom. The molecule has 19 heavy (non-hydrogen) atoms. The van der Waals surface area contributed by atoms with Crippen molar-refractivity contribution < 1.29 is 9.26 Å². The minimum absolute atomic E-state index is 0.400.